The van der Waals surface area contributed by atoms with Gasteiger partial charge in [0.05, 0.1) is 46.6 Å². The van der Waals surface area contributed by atoms with E-state index in [2.05, 4.69) is 40.6 Å². The molecule has 0 saturated heterocycles. The lowest BCUT2D eigenvalue weighted by Gasteiger charge is -2.06. The Labute approximate surface area is 227 Å². The Kier molecular flexibility index (Phi) is 6.76. The molecule has 200 valence electrons. The quantitative estimate of drug-likeness (QED) is 0.107. The highest BCUT2D eigenvalue weighted by molar-refractivity contribution is 6.36. The number of aromatic nitrogens is 4. The molecule has 0 saturated carbocycles. The average molecular weight is 538 g/mol. The Hall–Kier alpha value is -5.48. The van der Waals surface area contributed by atoms with E-state index in [4.69, 9.17) is 5.53 Å². The molecular formula is C28H24FN9O2. The molecule has 0 fully saturated rings. The number of carbonyl (C=O) groups is 2. The number of nitrogens with one attached hydrogen (secondary N) is 4. The highest BCUT2D eigenvalue weighted by Gasteiger charge is 2.29. The summed E-state index contributed by atoms with van der Waals surface area (Å²) in [4.78, 5) is 41.2. The number of fused-ring (bicyclic) bond motifs is 2. The zero-order valence-corrected chi connectivity index (χ0v) is 22.0. The topological polar surface area (TPSA) is 164 Å². The van der Waals surface area contributed by atoms with Crippen molar-refractivity contribution in [3.63, 3.8) is 0 Å². The highest BCUT2D eigenvalue weighted by Crippen LogP contribution is 2.42. The van der Waals surface area contributed by atoms with Crippen molar-refractivity contribution in [2.45, 2.75) is 27.7 Å². The fourth-order valence-electron chi connectivity index (χ4n) is 4.48. The second kappa shape index (κ2) is 10.4. The van der Waals surface area contributed by atoms with Crippen LogP contribution in [-0.2, 0) is 9.59 Å². The van der Waals surface area contributed by atoms with Gasteiger partial charge in [0.25, 0.3) is 11.8 Å². The summed E-state index contributed by atoms with van der Waals surface area (Å²) in [7, 11) is 0. The number of hydrogen-bond acceptors (Lipinski definition) is 5. The maximum atomic E-state index is 14.2. The molecule has 2 aliphatic rings. The smallest absolute Gasteiger partial charge is 0.256 e. The van der Waals surface area contributed by atoms with Crippen LogP contribution in [0, 0.1) is 33.5 Å². The van der Waals surface area contributed by atoms with Gasteiger partial charge >= 0.3 is 0 Å². The molecule has 0 unspecified atom stereocenters. The van der Waals surface area contributed by atoms with E-state index in [9.17, 15) is 14.0 Å². The van der Waals surface area contributed by atoms with Crippen LogP contribution in [0.3, 0.4) is 0 Å². The Morgan fingerprint density at radius 1 is 0.800 bits per heavy atom. The Balaban J connectivity index is 0.000000162. The van der Waals surface area contributed by atoms with Crippen molar-refractivity contribution in [2.75, 3.05) is 10.6 Å². The first kappa shape index (κ1) is 26.1. The minimum Gasteiger partial charge on any atom is -0.348 e. The lowest BCUT2D eigenvalue weighted by molar-refractivity contribution is -0.111. The van der Waals surface area contributed by atoms with Crippen LogP contribution in [0.15, 0.2) is 42.0 Å². The Bertz CT molecular complexity index is 1810. The van der Waals surface area contributed by atoms with E-state index in [0.29, 0.717) is 56.3 Å². The largest absolute Gasteiger partial charge is 0.348 e. The molecule has 0 bridgehead atoms. The SMILES string of the molecule is Cc1ccc2c(c1F)/C(=C/c1nc[nH]c1C)C(=O)N2.Cc1ccc2c(c1N=[N+]=[N-])/C(=C/c1nc[nH]c1C)C(=O)N2. The van der Waals surface area contributed by atoms with Gasteiger partial charge in [-0.05, 0) is 68.6 Å². The molecule has 4 heterocycles. The normalized spacial score (nSPS) is 15.2. The van der Waals surface area contributed by atoms with Gasteiger partial charge in [0.1, 0.15) is 5.82 Å². The third-order valence-electron chi connectivity index (χ3n) is 6.68. The summed E-state index contributed by atoms with van der Waals surface area (Å²) in [6.45, 7) is 7.23. The highest BCUT2D eigenvalue weighted by atomic mass is 19.1. The van der Waals surface area contributed by atoms with Gasteiger partial charge in [0.15, 0.2) is 0 Å². The van der Waals surface area contributed by atoms with Gasteiger partial charge < -0.3 is 20.6 Å². The zero-order chi connectivity index (χ0) is 28.6. The predicted octanol–water partition coefficient (Wildman–Crippen LogP) is 6.12. The molecule has 0 radical (unpaired) electrons. The minimum absolute atomic E-state index is 0.229. The van der Waals surface area contributed by atoms with E-state index in [0.717, 1.165) is 17.0 Å². The van der Waals surface area contributed by atoms with Crippen molar-refractivity contribution in [1.82, 2.24) is 19.9 Å². The van der Waals surface area contributed by atoms with Crippen LogP contribution >= 0.6 is 0 Å². The predicted molar refractivity (Wildman–Crippen MR) is 151 cm³/mol. The molecule has 11 nitrogen and oxygen atoms in total. The number of benzene rings is 2. The molecule has 6 rings (SSSR count). The molecule has 0 spiro atoms. The lowest BCUT2D eigenvalue weighted by Crippen LogP contribution is -2.03. The number of carbonyl (C=O) groups excluding carboxylic acids is 2. The molecule has 0 atom stereocenters. The maximum absolute atomic E-state index is 14.2. The van der Waals surface area contributed by atoms with Crippen molar-refractivity contribution >= 4 is 52.2 Å². The third-order valence-corrected chi connectivity index (χ3v) is 6.68. The molecule has 2 amide bonds. The van der Waals surface area contributed by atoms with Gasteiger partial charge in [-0.3, -0.25) is 9.59 Å². The van der Waals surface area contributed by atoms with Crippen molar-refractivity contribution in [2.24, 2.45) is 5.11 Å². The number of halogens is 1. The van der Waals surface area contributed by atoms with E-state index in [1.165, 1.54) is 0 Å². The standard InChI is InChI=1S/C14H12FN3O.C14H12N6O/c1-7-3-4-10-12(13(7)15)9(14(19)18-10)5-11-8(2)16-6-17-11;1-7-3-4-10-12(13(7)19-20-15)9(14(21)18-10)5-11-8(2)16-6-17-11/h3-6H,1-2H3,(H,16,17)(H,18,19);3-6H,1-2H3,(H,16,17)(H,18,21)/b2*9-5-. The van der Waals surface area contributed by atoms with E-state index in [-0.39, 0.29) is 17.6 Å². The maximum Gasteiger partial charge on any atom is 0.256 e. The fraction of sp³-hybridized carbons (Fsp3) is 0.143. The van der Waals surface area contributed by atoms with E-state index >= 15 is 0 Å². The number of imidazole rings is 2. The van der Waals surface area contributed by atoms with Crippen molar-refractivity contribution < 1.29 is 14.0 Å². The van der Waals surface area contributed by atoms with Crippen molar-refractivity contribution in [3.8, 4) is 0 Å². The number of azide groups is 1. The molecular weight excluding hydrogens is 513 g/mol. The number of aromatic amines is 2. The summed E-state index contributed by atoms with van der Waals surface area (Å²) < 4.78 is 14.2. The van der Waals surface area contributed by atoms with Gasteiger partial charge in [-0.15, -0.1) is 0 Å². The number of H-pyrrole nitrogens is 2. The third kappa shape index (κ3) is 4.63. The van der Waals surface area contributed by atoms with Crippen LogP contribution in [0.5, 0.6) is 0 Å². The van der Waals surface area contributed by atoms with Crippen LogP contribution in [0.1, 0.15) is 45.0 Å². The zero-order valence-electron chi connectivity index (χ0n) is 22.0. The number of amides is 2. The molecule has 40 heavy (non-hydrogen) atoms. The van der Waals surface area contributed by atoms with Crippen molar-refractivity contribution in [3.05, 3.63) is 98.2 Å². The summed E-state index contributed by atoms with van der Waals surface area (Å²) >= 11 is 0. The number of nitrogens with zero attached hydrogens (tertiary/aromatic N) is 5. The van der Waals surface area contributed by atoms with Gasteiger partial charge in [-0.1, -0.05) is 17.2 Å². The Morgan fingerprint density at radius 3 is 1.80 bits per heavy atom. The first-order valence-corrected chi connectivity index (χ1v) is 12.2. The van der Waals surface area contributed by atoms with Gasteiger partial charge in [-0.25, -0.2) is 14.4 Å². The average Bonchev–Trinajstić information content (AvgIpc) is 3.68. The Morgan fingerprint density at radius 2 is 1.30 bits per heavy atom. The summed E-state index contributed by atoms with van der Waals surface area (Å²) in [6.07, 6.45) is 6.42. The molecule has 4 N–H and O–H groups in total. The lowest BCUT2D eigenvalue weighted by atomic mass is 10.0. The van der Waals surface area contributed by atoms with Crippen LogP contribution in [0.2, 0.25) is 0 Å². The number of rotatable bonds is 3. The summed E-state index contributed by atoms with van der Waals surface area (Å²) in [5.41, 5.74) is 16.4. The number of aryl methyl sites for hydroxylation is 4. The second-order valence-corrected chi connectivity index (χ2v) is 9.31. The molecule has 4 aromatic rings. The van der Waals surface area contributed by atoms with Gasteiger partial charge in [0.2, 0.25) is 0 Å². The van der Waals surface area contributed by atoms with Crippen LogP contribution in [-0.4, -0.2) is 31.8 Å². The molecule has 2 aliphatic heterocycles. The van der Waals surface area contributed by atoms with E-state index in [1.54, 1.807) is 49.9 Å². The monoisotopic (exact) mass is 537 g/mol. The number of anilines is 2. The fourth-order valence-corrected chi connectivity index (χ4v) is 4.48. The van der Waals surface area contributed by atoms with Crippen LogP contribution < -0.4 is 10.6 Å². The molecule has 2 aromatic carbocycles. The van der Waals surface area contributed by atoms with Gasteiger partial charge in [0, 0.05) is 33.1 Å². The van der Waals surface area contributed by atoms with Gasteiger partial charge in [-0.2, -0.15) is 0 Å². The first-order chi connectivity index (χ1) is 19.2. The van der Waals surface area contributed by atoms with Crippen LogP contribution in [0.4, 0.5) is 21.5 Å². The minimum atomic E-state index is -0.365. The van der Waals surface area contributed by atoms with Crippen LogP contribution in [0.25, 0.3) is 33.7 Å². The second-order valence-electron chi connectivity index (χ2n) is 9.31. The summed E-state index contributed by atoms with van der Waals surface area (Å²) in [5, 5.41) is 9.17. The van der Waals surface area contributed by atoms with E-state index < -0.39 is 0 Å². The van der Waals surface area contributed by atoms with Crippen molar-refractivity contribution in [1.29, 1.82) is 0 Å². The van der Waals surface area contributed by atoms with E-state index in [1.807, 2.05) is 26.8 Å². The first-order valence-electron chi connectivity index (χ1n) is 12.2. The summed E-state index contributed by atoms with van der Waals surface area (Å²) in [6, 6.07) is 6.98. The summed E-state index contributed by atoms with van der Waals surface area (Å²) in [5.74, 6) is -0.899. The molecule has 2 aromatic heterocycles. The number of hydrogen-bond donors (Lipinski definition) is 4. The molecule has 12 heteroatoms. The molecule has 0 aliphatic carbocycles.